The third-order valence-corrected chi connectivity index (χ3v) is 5.15. The van der Waals surface area contributed by atoms with E-state index in [1.165, 1.54) is 11.3 Å². The first kappa shape index (κ1) is 15.1. The second-order valence-electron chi connectivity index (χ2n) is 5.19. The lowest BCUT2D eigenvalue weighted by atomic mass is 10.1. The van der Waals surface area contributed by atoms with Crippen LogP contribution in [-0.4, -0.2) is 15.6 Å². The molecule has 22 heavy (non-hydrogen) atoms. The van der Waals surface area contributed by atoms with Crippen LogP contribution in [-0.2, 0) is 11.3 Å². The quantitative estimate of drug-likeness (QED) is 0.676. The fraction of sp³-hybridized carbons (Fsp3) is 0.312. The molecule has 1 amide bonds. The fourth-order valence-electron chi connectivity index (χ4n) is 2.56. The first-order valence-electron chi connectivity index (χ1n) is 7.29. The molecule has 1 aromatic carbocycles. The number of unbranched alkanes of at least 4 members (excludes halogenated alkanes) is 2. The van der Waals surface area contributed by atoms with E-state index >= 15 is 0 Å². The van der Waals surface area contributed by atoms with Gasteiger partial charge in [0.25, 0.3) is 5.91 Å². The number of rotatable bonds is 5. The van der Waals surface area contributed by atoms with Gasteiger partial charge in [0.2, 0.25) is 5.88 Å². The van der Waals surface area contributed by atoms with Gasteiger partial charge < -0.3 is 5.11 Å². The highest BCUT2D eigenvalue weighted by Crippen LogP contribution is 2.32. The van der Waals surface area contributed by atoms with Crippen LogP contribution in [0.2, 0.25) is 0 Å². The summed E-state index contributed by atoms with van der Waals surface area (Å²) in [6, 6.07) is 7.36. The number of hydrogen-bond donors (Lipinski definition) is 1. The molecule has 0 saturated carbocycles. The zero-order chi connectivity index (χ0) is 15.7. The van der Waals surface area contributed by atoms with Crippen LogP contribution in [0.3, 0.4) is 0 Å². The second kappa shape index (κ2) is 6.14. The van der Waals surface area contributed by atoms with Gasteiger partial charge in [-0.3, -0.25) is 9.36 Å². The molecule has 114 valence electrons. The van der Waals surface area contributed by atoms with Gasteiger partial charge in [-0.1, -0.05) is 38.0 Å². The van der Waals surface area contributed by atoms with Crippen LogP contribution >= 0.6 is 23.6 Å². The van der Waals surface area contributed by atoms with Crippen molar-refractivity contribution in [2.24, 2.45) is 4.99 Å². The van der Waals surface area contributed by atoms with Crippen molar-refractivity contribution in [3.05, 3.63) is 43.7 Å². The van der Waals surface area contributed by atoms with E-state index in [4.69, 9.17) is 12.2 Å². The van der Waals surface area contributed by atoms with Crippen LogP contribution < -0.4 is 10.6 Å². The van der Waals surface area contributed by atoms with E-state index in [9.17, 15) is 9.90 Å². The van der Waals surface area contributed by atoms with Crippen molar-refractivity contribution in [2.45, 2.75) is 32.7 Å². The molecule has 1 N–H and O–H groups in total. The molecule has 0 radical (unpaired) electrons. The van der Waals surface area contributed by atoms with Crippen LogP contribution in [0, 0.1) is 3.95 Å². The van der Waals surface area contributed by atoms with Gasteiger partial charge in [-0.2, -0.15) is 0 Å². The molecule has 6 heteroatoms. The molecule has 3 rings (SSSR count). The summed E-state index contributed by atoms with van der Waals surface area (Å²) >= 11 is 6.62. The average molecular weight is 332 g/mol. The van der Waals surface area contributed by atoms with Crippen molar-refractivity contribution in [1.82, 2.24) is 4.57 Å². The van der Waals surface area contributed by atoms with Gasteiger partial charge in [0.15, 0.2) is 3.95 Å². The monoisotopic (exact) mass is 332 g/mol. The summed E-state index contributed by atoms with van der Waals surface area (Å²) < 4.78 is 2.31. The Labute approximate surface area is 137 Å². The number of amides is 1. The Morgan fingerprint density at radius 2 is 2.09 bits per heavy atom. The smallest absolute Gasteiger partial charge is 0.279 e. The zero-order valence-corrected chi connectivity index (χ0v) is 13.8. The van der Waals surface area contributed by atoms with Gasteiger partial charge in [0.05, 0.1) is 10.9 Å². The van der Waals surface area contributed by atoms with E-state index in [-0.39, 0.29) is 11.8 Å². The molecule has 1 aliphatic heterocycles. The number of carbonyl (C=O) groups is 1. The van der Waals surface area contributed by atoms with E-state index in [1.54, 1.807) is 10.6 Å². The van der Waals surface area contributed by atoms with Crippen molar-refractivity contribution in [2.75, 3.05) is 0 Å². The summed E-state index contributed by atoms with van der Waals surface area (Å²) in [5, 5.41) is 11.9. The lowest BCUT2D eigenvalue weighted by Crippen LogP contribution is -2.22. The van der Waals surface area contributed by atoms with E-state index in [1.807, 2.05) is 18.2 Å². The molecule has 0 bridgehead atoms. The van der Waals surface area contributed by atoms with Crippen LogP contribution in [0.25, 0.3) is 5.57 Å². The van der Waals surface area contributed by atoms with Gasteiger partial charge in [-0.15, -0.1) is 11.3 Å². The van der Waals surface area contributed by atoms with Crippen molar-refractivity contribution in [3.63, 3.8) is 0 Å². The maximum Gasteiger partial charge on any atom is 0.279 e. The van der Waals surface area contributed by atoms with Crippen molar-refractivity contribution >= 4 is 35.0 Å². The highest BCUT2D eigenvalue weighted by atomic mass is 32.1. The Hall–Kier alpha value is -1.79. The SMILES string of the molecule is CCCCCn1c(O)c(C2=c3ccccc3=NC2=O)sc1=S. The third-order valence-electron chi connectivity index (χ3n) is 3.69. The minimum atomic E-state index is -0.312. The zero-order valence-electron chi connectivity index (χ0n) is 12.2. The Kier molecular flexibility index (Phi) is 4.22. The first-order valence-corrected chi connectivity index (χ1v) is 8.51. The molecule has 0 fully saturated rings. The minimum Gasteiger partial charge on any atom is -0.493 e. The summed E-state index contributed by atoms with van der Waals surface area (Å²) in [7, 11) is 0. The van der Waals surface area contributed by atoms with E-state index in [0.717, 1.165) is 24.5 Å². The highest BCUT2D eigenvalue weighted by Gasteiger charge is 2.24. The second-order valence-corrected chi connectivity index (χ2v) is 6.83. The lowest BCUT2D eigenvalue weighted by Gasteiger charge is -2.04. The fourth-order valence-corrected chi connectivity index (χ4v) is 3.95. The maximum atomic E-state index is 12.2. The average Bonchev–Trinajstić information content (AvgIpc) is 2.97. The Balaban J connectivity index is 2.12. The first-order chi connectivity index (χ1) is 10.6. The molecule has 2 heterocycles. The predicted molar refractivity (Wildman–Crippen MR) is 89.1 cm³/mol. The summed E-state index contributed by atoms with van der Waals surface area (Å²) in [5.41, 5.74) is 0.457. The number of nitrogens with zero attached hydrogens (tertiary/aromatic N) is 2. The van der Waals surface area contributed by atoms with Gasteiger partial charge >= 0.3 is 0 Å². The number of aromatic hydroxyl groups is 1. The number of carbonyl (C=O) groups excluding carboxylic acids is 1. The van der Waals surface area contributed by atoms with E-state index < -0.39 is 0 Å². The van der Waals surface area contributed by atoms with Crippen LogP contribution in [0.5, 0.6) is 5.88 Å². The summed E-state index contributed by atoms with van der Waals surface area (Å²) in [6.45, 7) is 2.80. The van der Waals surface area contributed by atoms with E-state index in [0.29, 0.717) is 26.3 Å². The van der Waals surface area contributed by atoms with Gasteiger partial charge in [-0.25, -0.2) is 4.99 Å². The van der Waals surface area contributed by atoms with Crippen LogP contribution in [0.15, 0.2) is 29.3 Å². The number of benzene rings is 1. The highest BCUT2D eigenvalue weighted by molar-refractivity contribution is 7.73. The molecule has 1 aromatic heterocycles. The molecule has 2 aromatic rings. The Morgan fingerprint density at radius 1 is 1.32 bits per heavy atom. The molecule has 4 nitrogen and oxygen atoms in total. The van der Waals surface area contributed by atoms with Gasteiger partial charge in [0.1, 0.15) is 4.88 Å². The van der Waals surface area contributed by atoms with Gasteiger partial charge in [0, 0.05) is 11.8 Å². The number of thiazole rings is 1. The van der Waals surface area contributed by atoms with Crippen LogP contribution in [0.1, 0.15) is 31.1 Å². The minimum absolute atomic E-state index is 0.0846. The largest absolute Gasteiger partial charge is 0.493 e. The Morgan fingerprint density at radius 3 is 2.86 bits per heavy atom. The molecule has 0 unspecified atom stereocenters. The van der Waals surface area contributed by atoms with Gasteiger partial charge in [-0.05, 0) is 24.7 Å². The third kappa shape index (κ3) is 2.53. The van der Waals surface area contributed by atoms with Crippen molar-refractivity contribution in [1.29, 1.82) is 0 Å². The number of para-hydroxylation sites is 1. The van der Waals surface area contributed by atoms with E-state index in [2.05, 4.69) is 11.9 Å². The molecular weight excluding hydrogens is 316 g/mol. The number of hydrogen-bond acceptors (Lipinski definition) is 4. The van der Waals surface area contributed by atoms with Crippen molar-refractivity contribution < 1.29 is 9.90 Å². The summed E-state index contributed by atoms with van der Waals surface area (Å²) in [6.07, 6.45) is 3.14. The molecule has 1 aliphatic rings. The normalized spacial score (nSPS) is 13.3. The summed E-state index contributed by atoms with van der Waals surface area (Å²) in [4.78, 5) is 16.8. The molecule has 0 atom stereocenters. The maximum absolute atomic E-state index is 12.2. The molecule has 0 aliphatic carbocycles. The van der Waals surface area contributed by atoms with Crippen molar-refractivity contribution in [3.8, 4) is 5.88 Å². The lowest BCUT2D eigenvalue weighted by molar-refractivity contribution is -0.112. The number of fused-ring (bicyclic) bond motifs is 1. The Bertz CT molecular complexity index is 909. The van der Waals surface area contributed by atoms with Crippen LogP contribution in [0.4, 0.5) is 0 Å². The molecule has 0 saturated heterocycles. The number of aromatic nitrogens is 1. The summed E-state index contributed by atoms with van der Waals surface area (Å²) in [5.74, 6) is -0.227. The topological polar surface area (TPSA) is 54.6 Å². The standard InChI is InChI=1S/C16H16N2O2S2/c1-2-3-6-9-18-15(20)13(22-16(18)21)12-10-7-4-5-8-11(10)17-14(12)19/h4-5,7-8,20H,2-3,6,9H2,1H3. The molecule has 0 spiro atoms. The predicted octanol–water partition coefficient (Wildman–Crippen LogP) is 2.53. The molecular formula is C16H16N2O2S2.